The normalized spacial score (nSPS) is 10.9. The van der Waals surface area contributed by atoms with Crippen molar-refractivity contribution in [2.24, 2.45) is 0 Å². The number of para-hydroxylation sites is 1. The van der Waals surface area contributed by atoms with Crippen LogP contribution < -0.4 is 0 Å². The highest BCUT2D eigenvalue weighted by atomic mass is 15.4. The molecule has 68 valence electrons. The van der Waals surface area contributed by atoms with E-state index in [4.69, 9.17) is 0 Å². The average molecular weight is 185 g/mol. The Kier molecular flexibility index (Phi) is 1.38. The van der Waals surface area contributed by atoms with Crippen molar-refractivity contribution in [3.63, 3.8) is 0 Å². The quantitative estimate of drug-likeness (QED) is 0.618. The third-order valence-electron chi connectivity index (χ3n) is 2.08. The van der Waals surface area contributed by atoms with Gasteiger partial charge >= 0.3 is 0 Å². The summed E-state index contributed by atoms with van der Waals surface area (Å²) in [5.74, 6) is 0. The van der Waals surface area contributed by atoms with Crippen LogP contribution in [0.2, 0.25) is 0 Å². The van der Waals surface area contributed by atoms with Crippen LogP contribution in [0, 0.1) is 0 Å². The predicted molar refractivity (Wildman–Crippen MR) is 51.0 cm³/mol. The van der Waals surface area contributed by atoms with E-state index in [1.54, 1.807) is 17.1 Å². The van der Waals surface area contributed by atoms with E-state index < -0.39 is 0 Å². The first kappa shape index (κ1) is 7.25. The van der Waals surface area contributed by atoms with Gasteiger partial charge < -0.3 is 0 Å². The van der Waals surface area contributed by atoms with E-state index in [-0.39, 0.29) is 0 Å². The molecule has 0 bridgehead atoms. The van der Waals surface area contributed by atoms with Gasteiger partial charge in [0.2, 0.25) is 0 Å². The lowest BCUT2D eigenvalue weighted by atomic mass is 10.3. The smallest absolute Gasteiger partial charge is 0.113 e. The van der Waals surface area contributed by atoms with E-state index in [1.807, 2.05) is 24.3 Å². The van der Waals surface area contributed by atoms with Crippen molar-refractivity contribution in [2.75, 3.05) is 0 Å². The zero-order valence-electron chi connectivity index (χ0n) is 7.25. The van der Waals surface area contributed by atoms with Gasteiger partial charge in [-0.25, -0.2) is 4.68 Å². The first-order chi connectivity index (χ1) is 6.95. The predicted octanol–water partition coefficient (Wildman–Crippen LogP) is 1.14. The summed E-state index contributed by atoms with van der Waals surface area (Å²) in [7, 11) is 0. The topological polar surface area (TPSA) is 59.4 Å². The third-order valence-corrected chi connectivity index (χ3v) is 2.08. The molecule has 5 heteroatoms. The summed E-state index contributed by atoms with van der Waals surface area (Å²) < 4.78 is 1.75. The third kappa shape index (κ3) is 0.922. The van der Waals surface area contributed by atoms with Gasteiger partial charge in [-0.15, -0.1) is 5.10 Å². The zero-order valence-corrected chi connectivity index (χ0v) is 7.25. The SMILES string of the molecule is c1ccc2c(c1)nnn2-c1cn[nH]c1. The molecule has 3 rings (SSSR count). The van der Waals surface area contributed by atoms with Gasteiger partial charge in [-0.05, 0) is 12.1 Å². The Balaban J connectivity index is 2.33. The van der Waals surface area contributed by atoms with Crippen molar-refractivity contribution in [3.05, 3.63) is 36.7 Å². The molecule has 0 aliphatic heterocycles. The monoisotopic (exact) mass is 185 g/mol. The number of hydrogen-bond donors (Lipinski definition) is 1. The molecule has 1 aromatic carbocycles. The molecular weight excluding hydrogens is 178 g/mol. The first-order valence-electron chi connectivity index (χ1n) is 4.25. The van der Waals surface area contributed by atoms with Gasteiger partial charge in [-0.2, -0.15) is 5.10 Å². The van der Waals surface area contributed by atoms with Crippen molar-refractivity contribution in [2.45, 2.75) is 0 Å². The lowest BCUT2D eigenvalue weighted by Crippen LogP contribution is -1.93. The number of aromatic nitrogens is 5. The van der Waals surface area contributed by atoms with Crippen LogP contribution in [-0.2, 0) is 0 Å². The minimum absolute atomic E-state index is 0.883. The Morgan fingerprint density at radius 2 is 2.14 bits per heavy atom. The highest BCUT2D eigenvalue weighted by Gasteiger charge is 2.05. The van der Waals surface area contributed by atoms with Crippen LogP contribution in [0.25, 0.3) is 16.7 Å². The number of H-pyrrole nitrogens is 1. The molecule has 2 heterocycles. The van der Waals surface area contributed by atoms with Crippen LogP contribution in [0.1, 0.15) is 0 Å². The van der Waals surface area contributed by atoms with Crippen molar-refractivity contribution in [1.29, 1.82) is 0 Å². The van der Waals surface area contributed by atoms with Gasteiger partial charge in [0.15, 0.2) is 0 Å². The molecule has 0 unspecified atom stereocenters. The summed E-state index contributed by atoms with van der Waals surface area (Å²) in [5.41, 5.74) is 2.75. The van der Waals surface area contributed by atoms with Crippen molar-refractivity contribution in [1.82, 2.24) is 25.2 Å². The van der Waals surface area contributed by atoms with E-state index >= 15 is 0 Å². The fourth-order valence-electron chi connectivity index (χ4n) is 1.42. The molecule has 3 aromatic rings. The number of aromatic amines is 1. The van der Waals surface area contributed by atoms with Crippen LogP contribution >= 0.6 is 0 Å². The molecule has 0 amide bonds. The van der Waals surface area contributed by atoms with Crippen LogP contribution in [0.15, 0.2) is 36.7 Å². The summed E-state index contributed by atoms with van der Waals surface area (Å²) >= 11 is 0. The fraction of sp³-hybridized carbons (Fsp3) is 0. The molecule has 5 nitrogen and oxygen atoms in total. The fourth-order valence-corrected chi connectivity index (χ4v) is 1.42. The second-order valence-electron chi connectivity index (χ2n) is 2.95. The van der Waals surface area contributed by atoms with Gasteiger partial charge in [0.25, 0.3) is 0 Å². The molecule has 0 aliphatic carbocycles. The Labute approximate surface area is 79.4 Å². The molecule has 0 radical (unpaired) electrons. The molecule has 2 aromatic heterocycles. The van der Waals surface area contributed by atoms with Crippen LogP contribution in [0.5, 0.6) is 0 Å². The first-order valence-corrected chi connectivity index (χ1v) is 4.25. The van der Waals surface area contributed by atoms with E-state index in [0.717, 1.165) is 16.7 Å². The number of nitrogens with zero attached hydrogens (tertiary/aromatic N) is 4. The molecule has 0 saturated carbocycles. The maximum atomic E-state index is 4.05. The molecule has 0 aliphatic rings. The van der Waals surface area contributed by atoms with E-state index in [0.29, 0.717) is 0 Å². The molecule has 0 saturated heterocycles. The summed E-state index contributed by atoms with van der Waals surface area (Å²) in [5, 5.41) is 14.7. The van der Waals surface area contributed by atoms with Gasteiger partial charge in [0, 0.05) is 6.20 Å². The van der Waals surface area contributed by atoms with Gasteiger partial charge in [0.05, 0.1) is 11.7 Å². The molecule has 0 atom stereocenters. The maximum Gasteiger partial charge on any atom is 0.113 e. The Hall–Kier alpha value is -2.17. The number of rotatable bonds is 1. The van der Waals surface area contributed by atoms with Crippen LogP contribution in [0.4, 0.5) is 0 Å². The highest BCUT2D eigenvalue weighted by molar-refractivity contribution is 5.75. The maximum absolute atomic E-state index is 4.05. The highest BCUT2D eigenvalue weighted by Crippen LogP contribution is 2.13. The van der Waals surface area contributed by atoms with Crippen LogP contribution in [0.3, 0.4) is 0 Å². The Morgan fingerprint density at radius 1 is 1.21 bits per heavy atom. The van der Waals surface area contributed by atoms with Crippen molar-refractivity contribution >= 4 is 11.0 Å². The summed E-state index contributed by atoms with van der Waals surface area (Å²) in [6, 6.07) is 7.81. The van der Waals surface area contributed by atoms with E-state index in [2.05, 4.69) is 20.5 Å². The van der Waals surface area contributed by atoms with Crippen molar-refractivity contribution < 1.29 is 0 Å². The molecule has 14 heavy (non-hydrogen) atoms. The molecule has 1 N–H and O–H groups in total. The summed E-state index contributed by atoms with van der Waals surface area (Å²) in [6.07, 6.45) is 3.49. The second kappa shape index (κ2) is 2.66. The lowest BCUT2D eigenvalue weighted by molar-refractivity contribution is 0.824. The molecular formula is C9H7N5. The lowest BCUT2D eigenvalue weighted by Gasteiger charge is -1.94. The van der Waals surface area contributed by atoms with Gasteiger partial charge in [-0.3, -0.25) is 5.10 Å². The summed E-state index contributed by atoms with van der Waals surface area (Å²) in [4.78, 5) is 0. The number of benzene rings is 1. The Bertz CT molecular complexity index is 551. The van der Waals surface area contributed by atoms with E-state index in [9.17, 15) is 0 Å². The Morgan fingerprint density at radius 3 is 3.00 bits per heavy atom. The van der Waals surface area contributed by atoms with E-state index in [1.165, 1.54) is 0 Å². The summed E-state index contributed by atoms with van der Waals surface area (Å²) in [6.45, 7) is 0. The number of hydrogen-bond acceptors (Lipinski definition) is 3. The van der Waals surface area contributed by atoms with Crippen molar-refractivity contribution in [3.8, 4) is 5.69 Å². The molecule has 0 fully saturated rings. The molecule has 0 spiro atoms. The minimum atomic E-state index is 0.883. The standard InChI is InChI=1S/C9H7N5/c1-2-4-9-8(3-1)12-13-14(9)7-5-10-11-6-7/h1-6H,(H,10,11). The largest absolute Gasteiger partial charge is 0.283 e. The van der Waals surface area contributed by atoms with Gasteiger partial charge in [-0.1, -0.05) is 17.3 Å². The van der Waals surface area contributed by atoms with Crippen LogP contribution in [-0.4, -0.2) is 25.2 Å². The van der Waals surface area contributed by atoms with Gasteiger partial charge in [0.1, 0.15) is 11.2 Å². The average Bonchev–Trinajstić information content (AvgIpc) is 2.85. The number of nitrogens with one attached hydrogen (secondary N) is 1. The number of fused-ring (bicyclic) bond motifs is 1. The zero-order chi connectivity index (χ0) is 9.38. The minimum Gasteiger partial charge on any atom is -0.283 e. The second-order valence-corrected chi connectivity index (χ2v) is 2.95.